The SMILES string of the molecule is CCOC(=O)C(=O)c1cccc2occc12. The Hall–Kier alpha value is -2.10. The van der Waals surface area contributed by atoms with Crippen molar-refractivity contribution in [3.8, 4) is 0 Å². The highest BCUT2D eigenvalue weighted by molar-refractivity contribution is 6.42. The molecule has 4 nitrogen and oxygen atoms in total. The van der Waals surface area contributed by atoms with E-state index >= 15 is 0 Å². The number of benzene rings is 1. The Labute approximate surface area is 91.8 Å². The second kappa shape index (κ2) is 4.18. The lowest BCUT2D eigenvalue weighted by Gasteiger charge is -2.01. The first-order valence-electron chi connectivity index (χ1n) is 4.91. The van der Waals surface area contributed by atoms with Gasteiger partial charge in [0.2, 0.25) is 0 Å². The van der Waals surface area contributed by atoms with E-state index in [-0.39, 0.29) is 6.61 Å². The minimum Gasteiger partial charge on any atom is -0.464 e. The van der Waals surface area contributed by atoms with Crippen molar-refractivity contribution in [3.05, 3.63) is 36.1 Å². The molecule has 0 N–H and O–H groups in total. The molecule has 4 heteroatoms. The fourth-order valence-electron chi connectivity index (χ4n) is 1.50. The number of furan rings is 1. The van der Waals surface area contributed by atoms with Gasteiger partial charge in [-0.15, -0.1) is 0 Å². The summed E-state index contributed by atoms with van der Waals surface area (Å²) < 4.78 is 9.81. The fraction of sp³-hybridized carbons (Fsp3) is 0.167. The number of hydrogen-bond acceptors (Lipinski definition) is 4. The van der Waals surface area contributed by atoms with Crippen molar-refractivity contribution in [3.63, 3.8) is 0 Å². The lowest BCUT2D eigenvalue weighted by Crippen LogP contribution is -2.17. The quantitative estimate of drug-likeness (QED) is 0.450. The molecule has 16 heavy (non-hydrogen) atoms. The maximum absolute atomic E-state index is 11.7. The molecule has 0 saturated heterocycles. The van der Waals surface area contributed by atoms with Gasteiger partial charge in [-0.3, -0.25) is 4.79 Å². The third-order valence-electron chi connectivity index (χ3n) is 2.20. The van der Waals surface area contributed by atoms with E-state index in [4.69, 9.17) is 4.42 Å². The minimum atomic E-state index is -0.837. The summed E-state index contributed by atoms with van der Waals surface area (Å²) in [7, 11) is 0. The largest absolute Gasteiger partial charge is 0.464 e. The smallest absolute Gasteiger partial charge is 0.379 e. The van der Waals surface area contributed by atoms with Crippen LogP contribution in [0.15, 0.2) is 34.9 Å². The Balaban J connectivity index is 2.43. The zero-order valence-corrected chi connectivity index (χ0v) is 8.73. The Morgan fingerprint density at radius 2 is 2.12 bits per heavy atom. The van der Waals surface area contributed by atoms with E-state index in [9.17, 15) is 9.59 Å². The number of Topliss-reactive ketones (excluding diaryl/α,β-unsaturated/α-hetero) is 1. The number of fused-ring (bicyclic) bond motifs is 1. The van der Waals surface area contributed by atoms with Crippen LogP contribution >= 0.6 is 0 Å². The van der Waals surface area contributed by atoms with E-state index in [0.717, 1.165) is 0 Å². The normalized spacial score (nSPS) is 10.3. The summed E-state index contributed by atoms with van der Waals surface area (Å²) in [5.41, 5.74) is 0.889. The summed E-state index contributed by atoms with van der Waals surface area (Å²) >= 11 is 0. The second-order valence-electron chi connectivity index (χ2n) is 3.19. The lowest BCUT2D eigenvalue weighted by atomic mass is 10.1. The van der Waals surface area contributed by atoms with Gasteiger partial charge in [-0.1, -0.05) is 6.07 Å². The van der Waals surface area contributed by atoms with Gasteiger partial charge in [-0.25, -0.2) is 4.79 Å². The van der Waals surface area contributed by atoms with Crippen LogP contribution in [0.25, 0.3) is 11.0 Å². The van der Waals surface area contributed by atoms with Gasteiger partial charge in [0.05, 0.1) is 12.9 Å². The predicted molar refractivity (Wildman–Crippen MR) is 57.2 cm³/mol. The maximum Gasteiger partial charge on any atom is 0.379 e. The number of esters is 1. The molecule has 1 heterocycles. The minimum absolute atomic E-state index is 0.186. The summed E-state index contributed by atoms with van der Waals surface area (Å²) in [6, 6.07) is 6.63. The Morgan fingerprint density at radius 1 is 1.31 bits per heavy atom. The fourth-order valence-corrected chi connectivity index (χ4v) is 1.50. The molecule has 0 saturated carbocycles. The molecule has 82 valence electrons. The molecule has 0 radical (unpaired) electrons. The molecule has 0 aliphatic carbocycles. The van der Waals surface area contributed by atoms with E-state index in [1.807, 2.05) is 0 Å². The van der Waals surface area contributed by atoms with Crippen molar-refractivity contribution in [1.82, 2.24) is 0 Å². The van der Waals surface area contributed by atoms with E-state index in [1.54, 1.807) is 31.2 Å². The zero-order valence-electron chi connectivity index (χ0n) is 8.73. The van der Waals surface area contributed by atoms with Crippen molar-refractivity contribution >= 4 is 22.7 Å². The summed E-state index contributed by atoms with van der Waals surface area (Å²) in [4.78, 5) is 23.0. The summed E-state index contributed by atoms with van der Waals surface area (Å²) in [5.74, 6) is -1.48. The van der Waals surface area contributed by atoms with Crippen molar-refractivity contribution in [2.24, 2.45) is 0 Å². The van der Waals surface area contributed by atoms with E-state index < -0.39 is 11.8 Å². The van der Waals surface area contributed by atoms with E-state index in [2.05, 4.69) is 4.74 Å². The molecule has 0 spiro atoms. The molecule has 0 unspecified atom stereocenters. The van der Waals surface area contributed by atoms with Gasteiger partial charge in [-0.05, 0) is 25.1 Å². The van der Waals surface area contributed by atoms with Gasteiger partial charge in [-0.2, -0.15) is 0 Å². The maximum atomic E-state index is 11.7. The molecule has 0 atom stereocenters. The third-order valence-corrected chi connectivity index (χ3v) is 2.20. The van der Waals surface area contributed by atoms with Crippen LogP contribution in [0, 0.1) is 0 Å². The first-order chi connectivity index (χ1) is 7.74. The molecule has 0 aliphatic heterocycles. The zero-order chi connectivity index (χ0) is 11.5. The first kappa shape index (κ1) is 10.4. The van der Waals surface area contributed by atoms with Crippen LogP contribution in [-0.2, 0) is 9.53 Å². The molecule has 0 amide bonds. The molecular formula is C12H10O4. The number of rotatable bonds is 3. The predicted octanol–water partition coefficient (Wildman–Crippen LogP) is 2.18. The number of ketones is 1. The highest BCUT2D eigenvalue weighted by Crippen LogP contribution is 2.20. The van der Waals surface area contributed by atoms with Gasteiger partial charge in [0.25, 0.3) is 5.78 Å². The van der Waals surface area contributed by atoms with Crippen molar-refractivity contribution in [2.45, 2.75) is 6.92 Å². The van der Waals surface area contributed by atoms with Crippen LogP contribution in [0.5, 0.6) is 0 Å². The molecule has 2 aromatic rings. The summed E-state index contributed by atoms with van der Waals surface area (Å²) in [6.45, 7) is 1.84. The van der Waals surface area contributed by atoms with Crippen LogP contribution in [0.4, 0.5) is 0 Å². The second-order valence-corrected chi connectivity index (χ2v) is 3.19. The average molecular weight is 218 g/mol. The van der Waals surface area contributed by atoms with Crippen LogP contribution in [0.3, 0.4) is 0 Å². The van der Waals surface area contributed by atoms with Crippen molar-refractivity contribution in [2.75, 3.05) is 6.61 Å². The molecule has 1 aromatic carbocycles. The van der Waals surface area contributed by atoms with Crippen molar-refractivity contribution < 1.29 is 18.7 Å². The van der Waals surface area contributed by atoms with Gasteiger partial charge >= 0.3 is 5.97 Å². The Kier molecular flexibility index (Phi) is 2.72. The Bertz CT molecular complexity index is 539. The van der Waals surface area contributed by atoms with Gasteiger partial charge in [0, 0.05) is 10.9 Å². The van der Waals surface area contributed by atoms with Crippen molar-refractivity contribution in [1.29, 1.82) is 0 Å². The van der Waals surface area contributed by atoms with Crippen LogP contribution in [0.1, 0.15) is 17.3 Å². The highest BCUT2D eigenvalue weighted by Gasteiger charge is 2.20. The van der Waals surface area contributed by atoms with E-state index in [0.29, 0.717) is 16.5 Å². The van der Waals surface area contributed by atoms with Gasteiger partial charge in [0.15, 0.2) is 0 Å². The number of hydrogen-bond donors (Lipinski definition) is 0. The molecule has 0 bridgehead atoms. The molecule has 0 aliphatic rings. The van der Waals surface area contributed by atoms with Crippen LogP contribution in [-0.4, -0.2) is 18.4 Å². The monoisotopic (exact) mass is 218 g/mol. The highest BCUT2D eigenvalue weighted by atomic mass is 16.5. The van der Waals surface area contributed by atoms with Gasteiger partial charge < -0.3 is 9.15 Å². The molecule has 0 fully saturated rings. The summed E-state index contributed by atoms with van der Waals surface area (Å²) in [5, 5.41) is 0.626. The van der Waals surface area contributed by atoms with Crippen LogP contribution < -0.4 is 0 Å². The number of carbonyl (C=O) groups is 2. The van der Waals surface area contributed by atoms with Gasteiger partial charge in [0.1, 0.15) is 5.58 Å². The molecule has 2 rings (SSSR count). The number of ether oxygens (including phenoxy) is 1. The van der Waals surface area contributed by atoms with Crippen LogP contribution in [0.2, 0.25) is 0 Å². The summed E-state index contributed by atoms with van der Waals surface area (Å²) in [6.07, 6.45) is 1.48. The molecule has 1 aromatic heterocycles. The first-order valence-corrected chi connectivity index (χ1v) is 4.91. The standard InChI is InChI=1S/C12H10O4/c1-2-15-12(14)11(13)9-4-3-5-10-8(9)6-7-16-10/h3-7H,2H2,1H3. The molecular weight excluding hydrogens is 208 g/mol. The number of carbonyl (C=O) groups excluding carboxylic acids is 2. The topological polar surface area (TPSA) is 56.5 Å². The third kappa shape index (κ3) is 1.69. The average Bonchev–Trinajstić information content (AvgIpc) is 2.76. The Morgan fingerprint density at radius 3 is 2.88 bits per heavy atom. The van der Waals surface area contributed by atoms with E-state index in [1.165, 1.54) is 6.26 Å². The lowest BCUT2D eigenvalue weighted by molar-refractivity contribution is -0.137.